The van der Waals surface area contributed by atoms with Gasteiger partial charge >= 0.3 is 0 Å². The maximum absolute atomic E-state index is 12.4. The van der Waals surface area contributed by atoms with Gasteiger partial charge in [-0.25, -0.2) is 4.98 Å². The molecule has 126 valence electrons. The van der Waals surface area contributed by atoms with Crippen molar-refractivity contribution in [2.75, 3.05) is 11.9 Å². The second kappa shape index (κ2) is 7.49. The lowest BCUT2D eigenvalue weighted by molar-refractivity contribution is -0.117. The highest BCUT2D eigenvalue weighted by Crippen LogP contribution is 2.23. The van der Waals surface area contributed by atoms with E-state index in [4.69, 9.17) is 4.74 Å². The van der Waals surface area contributed by atoms with Crippen molar-refractivity contribution in [3.63, 3.8) is 0 Å². The molecule has 0 fully saturated rings. The van der Waals surface area contributed by atoms with Gasteiger partial charge in [0.05, 0.1) is 6.42 Å². The zero-order chi connectivity index (χ0) is 17.6. The summed E-state index contributed by atoms with van der Waals surface area (Å²) in [6.07, 6.45) is 1.93. The van der Waals surface area contributed by atoms with E-state index in [1.165, 1.54) is 0 Å². The molecule has 0 spiro atoms. The van der Waals surface area contributed by atoms with Crippen molar-refractivity contribution in [1.82, 2.24) is 4.98 Å². The van der Waals surface area contributed by atoms with Crippen LogP contribution in [-0.4, -0.2) is 23.0 Å². The molecule has 0 aliphatic carbocycles. The lowest BCUT2D eigenvalue weighted by Crippen LogP contribution is -2.27. The average molecular weight is 334 g/mol. The minimum Gasteiger partial charge on any atom is -0.508 e. The topological polar surface area (TPSA) is 62.7 Å². The highest BCUT2D eigenvalue weighted by molar-refractivity contribution is 5.94. The molecule has 3 aromatic rings. The number of carbonyl (C=O) groups is 1. The van der Waals surface area contributed by atoms with Crippen molar-refractivity contribution in [2.24, 2.45) is 0 Å². The van der Waals surface area contributed by atoms with Gasteiger partial charge in [-0.2, -0.15) is 0 Å². The number of aromatic nitrogens is 1. The van der Waals surface area contributed by atoms with Crippen LogP contribution < -0.4 is 9.64 Å². The quantitative estimate of drug-likeness (QED) is 0.771. The SMILES string of the molecule is CN(C(=O)Cc1ccc(O)cc1)c1ccc(Oc2ccccn2)cc1. The number of ether oxygens (including phenoxy) is 1. The number of rotatable bonds is 5. The number of aromatic hydroxyl groups is 1. The number of phenolic OH excluding ortho intramolecular Hbond substituents is 1. The molecule has 5 heteroatoms. The molecular weight excluding hydrogens is 316 g/mol. The summed E-state index contributed by atoms with van der Waals surface area (Å²) in [5.74, 6) is 1.32. The molecule has 1 heterocycles. The third kappa shape index (κ3) is 4.35. The fraction of sp³-hybridized carbons (Fsp3) is 0.100. The van der Waals surface area contributed by atoms with Gasteiger partial charge in [0, 0.05) is 25.0 Å². The van der Waals surface area contributed by atoms with Crippen molar-refractivity contribution in [3.05, 3.63) is 78.5 Å². The maximum atomic E-state index is 12.4. The summed E-state index contributed by atoms with van der Waals surface area (Å²) in [5, 5.41) is 9.30. The molecule has 3 rings (SSSR count). The predicted octanol–water partition coefficient (Wildman–Crippen LogP) is 3.79. The summed E-state index contributed by atoms with van der Waals surface area (Å²) >= 11 is 0. The first-order valence-electron chi connectivity index (χ1n) is 7.85. The minimum absolute atomic E-state index is 0.0379. The molecule has 0 radical (unpaired) electrons. The molecule has 0 saturated carbocycles. The number of hydrogen-bond acceptors (Lipinski definition) is 4. The van der Waals surface area contributed by atoms with E-state index in [0.29, 0.717) is 11.6 Å². The van der Waals surface area contributed by atoms with Crippen molar-refractivity contribution in [1.29, 1.82) is 0 Å². The molecule has 0 unspecified atom stereocenters. The Hall–Kier alpha value is -3.34. The van der Waals surface area contributed by atoms with Gasteiger partial charge in [0.15, 0.2) is 0 Å². The molecule has 1 aromatic heterocycles. The Kier molecular flexibility index (Phi) is 4.95. The van der Waals surface area contributed by atoms with Gasteiger partial charge < -0.3 is 14.7 Å². The molecule has 2 aromatic carbocycles. The Morgan fingerprint density at radius 2 is 1.76 bits per heavy atom. The third-order valence-corrected chi connectivity index (χ3v) is 3.75. The molecule has 0 bridgehead atoms. The summed E-state index contributed by atoms with van der Waals surface area (Å²) in [5.41, 5.74) is 1.63. The van der Waals surface area contributed by atoms with E-state index in [1.807, 2.05) is 24.3 Å². The second-order valence-electron chi connectivity index (χ2n) is 5.56. The zero-order valence-electron chi connectivity index (χ0n) is 13.8. The number of anilines is 1. The summed E-state index contributed by atoms with van der Waals surface area (Å²) < 4.78 is 5.64. The smallest absolute Gasteiger partial charge is 0.231 e. The summed E-state index contributed by atoms with van der Waals surface area (Å²) in [7, 11) is 1.73. The number of likely N-dealkylation sites (N-methyl/N-ethyl adjacent to an activating group) is 1. The molecule has 0 aliphatic heterocycles. The molecule has 1 amide bonds. The average Bonchev–Trinajstić information content (AvgIpc) is 2.64. The van der Waals surface area contributed by atoms with E-state index in [9.17, 15) is 9.90 Å². The van der Waals surface area contributed by atoms with Crippen molar-refractivity contribution in [3.8, 4) is 17.4 Å². The van der Waals surface area contributed by atoms with Crippen LogP contribution in [0.25, 0.3) is 0 Å². The van der Waals surface area contributed by atoms with Gasteiger partial charge in [-0.1, -0.05) is 18.2 Å². The van der Waals surface area contributed by atoms with Crippen LogP contribution in [0.4, 0.5) is 5.69 Å². The lowest BCUT2D eigenvalue weighted by atomic mass is 10.1. The van der Waals surface area contributed by atoms with E-state index in [-0.39, 0.29) is 18.1 Å². The van der Waals surface area contributed by atoms with Crippen LogP contribution in [0.2, 0.25) is 0 Å². The molecule has 1 N–H and O–H groups in total. The van der Waals surface area contributed by atoms with Gasteiger partial charge in [0.25, 0.3) is 0 Å². The number of pyridine rings is 1. The van der Waals surface area contributed by atoms with Crippen LogP contribution in [0.5, 0.6) is 17.4 Å². The first-order chi connectivity index (χ1) is 12.1. The summed E-state index contributed by atoms with van der Waals surface area (Å²) in [6.45, 7) is 0. The Labute approximate surface area is 146 Å². The molecule has 0 saturated heterocycles. The van der Waals surface area contributed by atoms with E-state index in [2.05, 4.69) is 4.98 Å². The Morgan fingerprint density at radius 1 is 1.04 bits per heavy atom. The van der Waals surface area contributed by atoms with Gasteiger partial charge in [-0.15, -0.1) is 0 Å². The monoisotopic (exact) mass is 334 g/mol. The lowest BCUT2D eigenvalue weighted by Gasteiger charge is -2.18. The van der Waals surface area contributed by atoms with Crippen LogP contribution >= 0.6 is 0 Å². The first kappa shape index (κ1) is 16.5. The van der Waals surface area contributed by atoms with Gasteiger partial charge in [-0.05, 0) is 48.0 Å². The molecule has 0 aliphatic rings. The Bertz CT molecular complexity index is 831. The van der Waals surface area contributed by atoms with E-state index < -0.39 is 0 Å². The normalized spacial score (nSPS) is 10.3. The fourth-order valence-corrected chi connectivity index (χ4v) is 2.32. The number of phenols is 1. The molecule has 5 nitrogen and oxygen atoms in total. The largest absolute Gasteiger partial charge is 0.508 e. The summed E-state index contributed by atoms with van der Waals surface area (Å²) in [4.78, 5) is 18.1. The summed E-state index contributed by atoms with van der Waals surface area (Å²) in [6, 6.07) is 19.3. The Balaban J connectivity index is 1.64. The van der Waals surface area contributed by atoms with Crippen LogP contribution in [0.1, 0.15) is 5.56 Å². The van der Waals surface area contributed by atoms with Crippen molar-refractivity contribution in [2.45, 2.75) is 6.42 Å². The van der Waals surface area contributed by atoms with E-state index >= 15 is 0 Å². The predicted molar refractivity (Wildman–Crippen MR) is 96.0 cm³/mol. The van der Waals surface area contributed by atoms with Crippen LogP contribution in [0.15, 0.2) is 72.9 Å². The van der Waals surface area contributed by atoms with Crippen molar-refractivity contribution >= 4 is 11.6 Å². The first-order valence-corrected chi connectivity index (χ1v) is 7.85. The third-order valence-electron chi connectivity index (χ3n) is 3.75. The fourth-order valence-electron chi connectivity index (χ4n) is 2.32. The van der Waals surface area contributed by atoms with Crippen LogP contribution in [0, 0.1) is 0 Å². The van der Waals surface area contributed by atoms with Gasteiger partial charge in [0.1, 0.15) is 11.5 Å². The number of carbonyl (C=O) groups excluding carboxylic acids is 1. The Morgan fingerprint density at radius 3 is 2.40 bits per heavy atom. The standard InChI is InChI=1S/C20H18N2O3/c1-22(20(24)14-15-5-9-17(23)10-6-15)16-7-11-18(12-8-16)25-19-4-2-3-13-21-19/h2-13,23H,14H2,1H3. The molecule has 25 heavy (non-hydrogen) atoms. The maximum Gasteiger partial charge on any atom is 0.231 e. The van der Waals surface area contributed by atoms with E-state index in [1.54, 1.807) is 60.6 Å². The minimum atomic E-state index is -0.0379. The molecular formula is C20H18N2O3. The van der Waals surface area contributed by atoms with Crippen molar-refractivity contribution < 1.29 is 14.6 Å². The number of amides is 1. The second-order valence-corrected chi connectivity index (χ2v) is 5.56. The number of nitrogens with zero attached hydrogens (tertiary/aromatic N) is 2. The van der Waals surface area contributed by atoms with E-state index in [0.717, 1.165) is 11.3 Å². The number of benzene rings is 2. The van der Waals surface area contributed by atoms with Gasteiger partial charge in [0.2, 0.25) is 11.8 Å². The van der Waals surface area contributed by atoms with Crippen LogP contribution in [0.3, 0.4) is 0 Å². The van der Waals surface area contributed by atoms with Crippen LogP contribution in [-0.2, 0) is 11.2 Å². The number of hydrogen-bond donors (Lipinski definition) is 1. The molecule has 0 atom stereocenters. The van der Waals surface area contributed by atoms with Gasteiger partial charge in [-0.3, -0.25) is 4.79 Å². The highest BCUT2D eigenvalue weighted by Gasteiger charge is 2.12. The highest BCUT2D eigenvalue weighted by atomic mass is 16.5. The zero-order valence-corrected chi connectivity index (χ0v) is 13.8.